The van der Waals surface area contributed by atoms with Crippen LogP contribution in [0.4, 0.5) is 5.69 Å². The van der Waals surface area contributed by atoms with E-state index in [4.69, 9.17) is 4.74 Å². The first-order chi connectivity index (χ1) is 9.59. The van der Waals surface area contributed by atoms with Gasteiger partial charge in [0.05, 0.1) is 12.0 Å². The summed E-state index contributed by atoms with van der Waals surface area (Å²) in [5, 5.41) is 6.43. The number of carbonyl (C=O) groups is 1. The molecule has 1 aromatic carbocycles. The second-order valence-corrected chi connectivity index (χ2v) is 5.68. The van der Waals surface area contributed by atoms with Gasteiger partial charge in [-0.3, -0.25) is 4.79 Å². The van der Waals surface area contributed by atoms with Crippen LogP contribution in [0, 0.1) is 19.3 Å². The lowest BCUT2D eigenvalue weighted by Crippen LogP contribution is -2.47. The highest BCUT2D eigenvalue weighted by Gasteiger charge is 2.39. The van der Waals surface area contributed by atoms with E-state index in [0.717, 1.165) is 42.7 Å². The highest BCUT2D eigenvalue weighted by molar-refractivity contribution is 5.96. The van der Waals surface area contributed by atoms with Crippen molar-refractivity contribution < 1.29 is 9.53 Å². The molecule has 0 aromatic heterocycles. The van der Waals surface area contributed by atoms with Crippen LogP contribution < -0.4 is 10.6 Å². The van der Waals surface area contributed by atoms with Crippen molar-refractivity contribution in [1.82, 2.24) is 5.32 Å². The Kier molecular flexibility index (Phi) is 4.78. The van der Waals surface area contributed by atoms with Gasteiger partial charge in [0, 0.05) is 12.8 Å². The Balaban J connectivity index is 2.20. The Bertz CT molecular complexity index is 454. The summed E-state index contributed by atoms with van der Waals surface area (Å²) in [5.74, 6) is 0.0817. The molecule has 2 rings (SSSR count). The normalized spacial score (nSPS) is 17.8. The first-order valence-electron chi connectivity index (χ1n) is 7.16. The topological polar surface area (TPSA) is 50.4 Å². The number of aryl methyl sites for hydroxylation is 2. The number of anilines is 1. The van der Waals surface area contributed by atoms with E-state index in [2.05, 4.69) is 10.6 Å². The van der Waals surface area contributed by atoms with E-state index >= 15 is 0 Å². The van der Waals surface area contributed by atoms with E-state index in [1.807, 2.05) is 32.0 Å². The maximum Gasteiger partial charge on any atom is 0.233 e. The predicted octanol–water partition coefficient (Wildman–Crippen LogP) is 2.26. The second kappa shape index (κ2) is 6.37. The van der Waals surface area contributed by atoms with Crippen LogP contribution in [0.3, 0.4) is 0 Å². The molecule has 1 aliphatic rings. The third kappa shape index (κ3) is 3.02. The Morgan fingerprint density at radius 3 is 2.45 bits per heavy atom. The molecule has 0 saturated carbocycles. The number of carbonyl (C=O) groups excluding carboxylic acids is 1. The summed E-state index contributed by atoms with van der Waals surface area (Å²) >= 11 is 0. The van der Waals surface area contributed by atoms with E-state index in [1.165, 1.54) is 0 Å². The lowest BCUT2D eigenvalue weighted by atomic mass is 9.78. The zero-order chi connectivity index (χ0) is 14.6. The smallest absolute Gasteiger partial charge is 0.233 e. The van der Waals surface area contributed by atoms with Gasteiger partial charge in [-0.2, -0.15) is 0 Å². The highest BCUT2D eigenvalue weighted by atomic mass is 16.5. The molecule has 0 radical (unpaired) electrons. The van der Waals surface area contributed by atoms with Crippen LogP contribution in [0.5, 0.6) is 0 Å². The number of ether oxygens (including phenoxy) is 1. The summed E-state index contributed by atoms with van der Waals surface area (Å²) in [6, 6.07) is 6.05. The van der Waals surface area contributed by atoms with E-state index in [1.54, 1.807) is 7.11 Å². The van der Waals surface area contributed by atoms with E-state index in [-0.39, 0.29) is 5.91 Å². The van der Waals surface area contributed by atoms with Crippen molar-refractivity contribution in [2.75, 3.05) is 32.1 Å². The Morgan fingerprint density at radius 1 is 1.30 bits per heavy atom. The van der Waals surface area contributed by atoms with Crippen molar-refractivity contribution in [3.05, 3.63) is 29.3 Å². The van der Waals surface area contributed by atoms with Crippen LogP contribution in [-0.2, 0) is 9.53 Å². The van der Waals surface area contributed by atoms with Crippen molar-refractivity contribution in [2.24, 2.45) is 5.41 Å². The molecule has 110 valence electrons. The Labute approximate surface area is 120 Å². The van der Waals surface area contributed by atoms with Gasteiger partial charge in [-0.25, -0.2) is 0 Å². The van der Waals surface area contributed by atoms with Gasteiger partial charge in [0.25, 0.3) is 0 Å². The molecule has 0 atom stereocenters. The minimum atomic E-state index is -0.408. The van der Waals surface area contributed by atoms with E-state index in [9.17, 15) is 4.79 Å². The molecule has 1 aliphatic heterocycles. The number of hydrogen-bond donors (Lipinski definition) is 2. The SMILES string of the molecule is COCC1(C(=O)Nc2c(C)cccc2C)CCNCC1. The Morgan fingerprint density at radius 2 is 1.90 bits per heavy atom. The fraction of sp³-hybridized carbons (Fsp3) is 0.562. The molecule has 1 heterocycles. The zero-order valence-corrected chi connectivity index (χ0v) is 12.6. The molecule has 4 nitrogen and oxygen atoms in total. The molecule has 4 heteroatoms. The fourth-order valence-corrected chi connectivity index (χ4v) is 2.88. The average molecular weight is 276 g/mol. The molecule has 0 spiro atoms. The van der Waals surface area contributed by atoms with Crippen LogP contribution >= 0.6 is 0 Å². The number of hydrogen-bond acceptors (Lipinski definition) is 3. The molecular formula is C16H24N2O2. The van der Waals surface area contributed by atoms with Gasteiger partial charge < -0.3 is 15.4 Å². The van der Waals surface area contributed by atoms with Crippen LogP contribution in [0.15, 0.2) is 18.2 Å². The van der Waals surface area contributed by atoms with Gasteiger partial charge in [-0.15, -0.1) is 0 Å². The monoisotopic (exact) mass is 276 g/mol. The number of benzene rings is 1. The maximum absolute atomic E-state index is 12.8. The molecular weight excluding hydrogens is 252 g/mol. The molecule has 0 aliphatic carbocycles. The minimum Gasteiger partial charge on any atom is -0.384 e. The molecule has 20 heavy (non-hydrogen) atoms. The van der Waals surface area contributed by atoms with Crippen LogP contribution in [0.1, 0.15) is 24.0 Å². The predicted molar refractivity (Wildman–Crippen MR) is 81.0 cm³/mol. The van der Waals surface area contributed by atoms with Crippen molar-refractivity contribution in [3.8, 4) is 0 Å². The molecule has 1 saturated heterocycles. The number of para-hydroxylation sites is 1. The minimum absolute atomic E-state index is 0.0817. The average Bonchev–Trinajstić information content (AvgIpc) is 2.44. The van der Waals surface area contributed by atoms with Crippen molar-refractivity contribution >= 4 is 11.6 Å². The quantitative estimate of drug-likeness (QED) is 0.887. The number of rotatable bonds is 4. The summed E-state index contributed by atoms with van der Waals surface area (Å²) in [4.78, 5) is 12.8. The summed E-state index contributed by atoms with van der Waals surface area (Å²) < 4.78 is 5.32. The summed E-state index contributed by atoms with van der Waals surface area (Å²) in [5.41, 5.74) is 2.72. The van der Waals surface area contributed by atoms with Crippen molar-refractivity contribution in [3.63, 3.8) is 0 Å². The largest absolute Gasteiger partial charge is 0.384 e. The van der Waals surface area contributed by atoms with E-state index in [0.29, 0.717) is 6.61 Å². The second-order valence-electron chi connectivity index (χ2n) is 5.68. The van der Waals surface area contributed by atoms with E-state index < -0.39 is 5.41 Å². The molecule has 1 fully saturated rings. The standard InChI is InChI=1S/C16H24N2O2/c1-12-5-4-6-13(2)14(12)18-15(19)16(11-20-3)7-9-17-10-8-16/h4-6,17H,7-11H2,1-3H3,(H,18,19). The summed E-state index contributed by atoms with van der Waals surface area (Å²) in [6.45, 7) is 6.25. The third-order valence-corrected chi connectivity index (χ3v) is 4.18. The number of piperidine rings is 1. The Hall–Kier alpha value is -1.39. The van der Waals surface area contributed by atoms with Gasteiger partial charge in [-0.05, 0) is 50.9 Å². The maximum atomic E-state index is 12.8. The number of amides is 1. The summed E-state index contributed by atoms with van der Waals surface area (Å²) in [7, 11) is 1.66. The zero-order valence-electron chi connectivity index (χ0n) is 12.6. The fourth-order valence-electron chi connectivity index (χ4n) is 2.88. The van der Waals surface area contributed by atoms with Gasteiger partial charge in [0.15, 0.2) is 0 Å². The molecule has 0 unspecified atom stereocenters. The lowest BCUT2D eigenvalue weighted by Gasteiger charge is -2.35. The highest BCUT2D eigenvalue weighted by Crippen LogP contribution is 2.32. The van der Waals surface area contributed by atoms with Gasteiger partial charge in [0.2, 0.25) is 5.91 Å². The number of nitrogens with one attached hydrogen (secondary N) is 2. The summed E-state index contributed by atoms with van der Waals surface area (Å²) in [6.07, 6.45) is 1.63. The third-order valence-electron chi connectivity index (χ3n) is 4.18. The van der Waals surface area contributed by atoms with Crippen molar-refractivity contribution in [1.29, 1.82) is 0 Å². The van der Waals surface area contributed by atoms with Crippen LogP contribution in [0.2, 0.25) is 0 Å². The lowest BCUT2D eigenvalue weighted by molar-refractivity contribution is -0.130. The van der Waals surface area contributed by atoms with Crippen LogP contribution in [-0.4, -0.2) is 32.7 Å². The molecule has 1 amide bonds. The number of methoxy groups -OCH3 is 1. The van der Waals surface area contributed by atoms with Crippen molar-refractivity contribution in [2.45, 2.75) is 26.7 Å². The van der Waals surface area contributed by atoms with Gasteiger partial charge in [-0.1, -0.05) is 18.2 Å². The molecule has 0 bridgehead atoms. The van der Waals surface area contributed by atoms with Gasteiger partial charge >= 0.3 is 0 Å². The molecule has 1 aromatic rings. The van der Waals surface area contributed by atoms with Crippen LogP contribution in [0.25, 0.3) is 0 Å². The first-order valence-corrected chi connectivity index (χ1v) is 7.16. The first kappa shape index (κ1) is 15.0. The van der Waals surface area contributed by atoms with Gasteiger partial charge in [0.1, 0.15) is 0 Å². The molecule has 2 N–H and O–H groups in total.